The molecular weight excluding hydrogens is 166 g/mol. The molecule has 0 unspecified atom stereocenters. The van der Waals surface area contributed by atoms with Crippen LogP contribution in [0.25, 0.3) is 0 Å². The Kier molecular flexibility index (Phi) is 2.22. The predicted octanol–water partition coefficient (Wildman–Crippen LogP) is -1.19. The highest BCUT2D eigenvalue weighted by atomic mass is 16.6. The summed E-state index contributed by atoms with van der Waals surface area (Å²) in [6.07, 6.45) is 0. The van der Waals surface area contributed by atoms with Gasteiger partial charge in [-0.05, 0) is 0 Å². The number of rotatable bonds is 3. The lowest BCUT2D eigenvalue weighted by atomic mass is 10.5. The largest absolute Gasteiger partial charge is 0.329 e. The summed E-state index contributed by atoms with van der Waals surface area (Å²) in [5.41, 5.74) is 0. The maximum atomic E-state index is 10.8. The molecule has 12 heavy (non-hydrogen) atoms. The Labute approximate surface area is 67.5 Å². The number of hydrogen-bond acceptors (Lipinski definition) is 4. The van der Waals surface area contributed by atoms with Gasteiger partial charge in [-0.25, -0.2) is 4.79 Å². The number of amides is 3. The molecule has 1 rings (SSSR count). The van der Waals surface area contributed by atoms with Gasteiger partial charge in [-0.2, -0.15) is 0 Å². The molecule has 0 aromatic carbocycles. The molecule has 0 aromatic heterocycles. The van der Waals surface area contributed by atoms with Gasteiger partial charge in [0.25, 0.3) is 0 Å². The van der Waals surface area contributed by atoms with Crippen LogP contribution in [0.1, 0.15) is 0 Å². The molecule has 1 N–H and O–H groups in total. The fourth-order valence-corrected chi connectivity index (χ4v) is 0.863. The van der Waals surface area contributed by atoms with Gasteiger partial charge < -0.3 is 5.32 Å². The molecule has 7 nitrogen and oxygen atoms in total. The van der Waals surface area contributed by atoms with Crippen LogP contribution in [0, 0.1) is 10.1 Å². The lowest BCUT2D eigenvalue weighted by molar-refractivity contribution is -0.479. The van der Waals surface area contributed by atoms with Crippen LogP contribution in [0.2, 0.25) is 0 Å². The number of carbonyl (C=O) groups is 2. The van der Waals surface area contributed by atoms with Gasteiger partial charge in [-0.1, -0.05) is 0 Å². The van der Waals surface area contributed by atoms with E-state index >= 15 is 0 Å². The lowest BCUT2D eigenvalue weighted by Crippen LogP contribution is -2.34. The minimum absolute atomic E-state index is 0.0590. The number of carbonyl (C=O) groups excluding carboxylic acids is 2. The summed E-state index contributed by atoms with van der Waals surface area (Å²) >= 11 is 0. The quantitative estimate of drug-likeness (QED) is 0.330. The van der Waals surface area contributed by atoms with Crippen LogP contribution >= 0.6 is 0 Å². The zero-order chi connectivity index (χ0) is 9.14. The SMILES string of the molecule is O=C1CNC(=O)N1CC[N+](=O)[O-]. The van der Waals surface area contributed by atoms with Gasteiger partial charge in [0.2, 0.25) is 12.5 Å². The summed E-state index contributed by atoms with van der Waals surface area (Å²) < 4.78 is 0. The number of urea groups is 1. The van der Waals surface area contributed by atoms with Crippen molar-refractivity contribution in [2.45, 2.75) is 0 Å². The zero-order valence-electron chi connectivity index (χ0n) is 6.15. The van der Waals surface area contributed by atoms with Gasteiger partial charge in [0.1, 0.15) is 0 Å². The van der Waals surface area contributed by atoms with Gasteiger partial charge in [0.15, 0.2) is 0 Å². The van der Waals surface area contributed by atoms with Gasteiger partial charge in [-0.3, -0.25) is 19.8 Å². The maximum Gasteiger partial charge on any atom is 0.324 e. The zero-order valence-corrected chi connectivity index (χ0v) is 6.15. The highest BCUT2D eigenvalue weighted by molar-refractivity contribution is 6.01. The molecule has 0 aliphatic carbocycles. The molecular formula is C5H7N3O4. The molecule has 3 amide bonds. The summed E-state index contributed by atoms with van der Waals surface area (Å²) in [6.45, 7) is -0.618. The monoisotopic (exact) mass is 173 g/mol. The van der Waals surface area contributed by atoms with Crippen molar-refractivity contribution in [2.75, 3.05) is 19.6 Å². The minimum atomic E-state index is -0.571. The molecule has 1 heterocycles. The summed E-state index contributed by atoms with van der Waals surface area (Å²) in [4.78, 5) is 31.8. The normalized spacial score (nSPS) is 16.5. The maximum absolute atomic E-state index is 10.8. The van der Waals surface area contributed by atoms with Crippen LogP contribution in [0.4, 0.5) is 4.79 Å². The van der Waals surface area contributed by atoms with Crippen molar-refractivity contribution in [3.63, 3.8) is 0 Å². The van der Waals surface area contributed by atoms with E-state index in [-0.39, 0.29) is 13.1 Å². The molecule has 1 aliphatic rings. The molecule has 0 aromatic rings. The number of hydrogen-bond donors (Lipinski definition) is 1. The highest BCUT2D eigenvalue weighted by Crippen LogP contribution is 1.97. The van der Waals surface area contributed by atoms with E-state index in [0.717, 1.165) is 4.90 Å². The van der Waals surface area contributed by atoms with E-state index in [1.807, 2.05) is 0 Å². The van der Waals surface area contributed by atoms with E-state index in [4.69, 9.17) is 0 Å². The number of nitrogens with one attached hydrogen (secondary N) is 1. The molecule has 0 saturated carbocycles. The third-order valence-corrected chi connectivity index (χ3v) is 1.44. The second kappa shape index (κ2) is 3.16. The molecule has 66 valence electrons. The molecule has 7 heteroatoms. The van der Waals surface area contributed by atoms with Crippen LogP contribution in [-0.2, 0) is 4.79 Å². The molecule has 0 radical (unpaired) electrons. The first kappa shape index (κ1) is 8.44. The van der Waals surface area contributed by atoms with Gasteiger partial charge in [0, 0.05) is 4.92 Å². The van der Waals surface area contributed by atoms with Crippen molar-refractivity contribution < 1.29 is 14.5 Å². The van der Waals surface area contributed by atoms with Crippen LogP contribution in [0.3, 0.4) is 0 Å². The van der Waals surface area contributed by atoms with Gasteiger partial charge in [-0.15, -0.1) is 0 Å². The summed E-state index contributed by atoms with van der Waals surface area (Å²) in [5, 5.41) is 12.2. The Morgan fingerprint density at radius 2 is 2.25 bits per heavy atom. The first-order valence-electron chi connectivity index (χ1n) is 3.31. The molecule has 0 spiro atoms. The van der Waals surface area contributed by atoms with Crippen molar-refractivity contribution in [3.05, 3.63) is 10.1 Å². The van der Waals surface area contributed by atoms with Crippen LogP contribution in [-0.4, -0.2) is 41.4 Å². The lowest BCUT2D eigenvalue weighted by Gasteiger charge is -2.07. The first-order chi connectivity index (χ1) is 5.61. The summed E-state index contributed by atoms with van der Waals surface area (Å²) in [6, 6.07) is -0.554. The number of imide groups is 1. The number of nitrogens with zero attached hydrogens (tertiary/aromatic N) is 2. The molecule has 0 bridgehead atoms. The van der Waals surface area contributed by atoms with Crippen LogP contribution in [0.5, 0.6) is 0 Å². The summed E-state index contributed by atoms with van der Waals surface area (Å²) in [5.74, 6) is -0.415. The average molecular weight is 173 g/mol. The van der Waals surface area contributed by atoms with Crippen LogP contribution < -0.4 is 5.32 Å². The van der Waals surface area contributed by atoms with Crippen molar-refractivity contribution in [2.24, 2.45) is 0 Å². The Morgan fingerprint density at radius 1 is 1.58 bits per heavy atom. The van der Waals surface area contributed by atoms with E-state index in [1.165, 1.54) is 0 Å². The van der Waals surface area contributed by atoms with Crippen molar-refractivity contribution in [1.82, 2.24) is 10.2 Å². The van der Waals surface area contributed by atoms with E-state index < -0.39 is 23.4 Å². The van der Waals surface area contributed by atoms with Gasteiger partial charge in [0.05, 0.1) is 13.1 Å². The second-order valence-electron chi connectivity index (χ2n) is 2.26. The van der Waals surface area contributed by atoms with E-state index in [2.05, 4.69) is 5.32 Å². The van der Waals surface area contributed by atoms with Crippen molar-refractivity contribution in [3.8, 4) is 0 Å². The Balaban J connectivity index is 2.45. The Hall–Kier alpha value is -1.66. The minimum Gasteiger partial charge on any atom is -0.329 e. The summed E-state index contributed by atoms with van der Waals surface area (Å²) in [7, 11) is 0. The molecule has 1 aliphatic heterocycles. The third-order valence-electron chi connectivity index (χ3n) is 1.44. The average Bonchev–Trinajstić information content (AvgIpc) is 2.28. The third kappa shape index (κ3) is 1.68. The standard InChI is InChI=1S/C5H7N3O4/c9-4-3-6-5(10)7(4)1-2-8(11)12/h1-3H2,(H,6,10). The first-order valence-corrected chi connectivity index (χ1v) is 3.31. The second-order valence-corrected chi connectivity index (χ2v) is 2.26. The highest BCUT2D eigenvalue weighted by Gasteiger charge is 2.28. The Bertz CT molecular complexity index is 223. The molecule has 1 saturated heterocycles. The van der Waals surface area contributed by atoms with Gasteiger partial charge >= 0.3 is 6.03 Å². The van der Waals surface area contributed by atoms with E-state index in [9.17, 15) is 19.7 Å². The fourth-order valence-electron chi connectivity index (χ4n) is 0.863. The van der Waals surface area contributed by atoms with Crippen LogP contribution in [0.15, 0.2) is 0 Å². The molecule has 0 atom stereocenters. The fraction of sp³-hybridized carbons (Fsp3) is 0.600. The molecule has 1 fully saturated rings. The Morgan fingerprint density at radius 3 is 2.67 bits per heavy atom. The smallest absolute Gasteiger partial charge is 0.324 e. The van der Waals surface area contributed by atoms with E-state index in [1.54, 1.807) is 0 Å². The topological polar surface area (TPSA) is 92.6 Å². The predicted molar refractivity (Wildman–Crippen MR) is 37.0 cm³/mol. The van der Waals surface area contributed by atoms with E-state index in [0.29, 0.717) is 0 Å². The van der Waals surface area contributed by atoms with Crippen molar-refractivity contribution in [1.29, 1.82) is 0 Å². The number of nitro groups is 1. The van der Waals surface area contributed by atoms with Crippen molar-refractivity contribution >= 4 is 11.9 Å².